The highest BCUT2D eigenvalue weighted by Crippen LogP contribution is 2.29. The molecule has 1 aromatic heterocycles. The summed E-state index contributed by atoms with van der Waals surface area (Å²) in [6, 6.07) is 15.8. The molecular weight excluding hydrogens is 352 g/mol. The standard InChI is InChI=1S/C22H26N4O2/c1-3-25(4-2)13-14-26-18-11-7-6-10-17(18)23-22(26)24-21(27)20-15-16-9-5-8-12-19(16)28-20/h5-12,20H,3-4,13-15H2,1-2H3,(H,23,24,27)/t20-/m0/s1. The van der Waals surface area contributed by atoms with E-state index in [-0.39, 0.29) is 5.91 Å². The number of aromatic nitrogens is 2. The highest BCUT2D eigenvalue weighted by Gasteiger charge is 2.29. The molecule has 1 amide bonds. The van der Waals surface area contributed by atoms with Gasteiger partial charge in [0.15, 0.2) is 6.10 Å². The lowest BCUT2D eigenvalue weighted by atomic mass is 10.1. The van der Waals surface area contributed by atoms with Gasteiger partial charge in [0.1, 0.15) is 5.75 Å². The van der Waals surface area contributed by atoms with Gasteiger partial charge in [-0.2, -0.15) is 0 Å². The average Bonchev–Trinajstić information content (AvgIpc) is 3.30. The number of hydrogen-bond acceptors (Lipinski definition) is 4. The van der Waals surface area contributed by atoms with E-state index >= 15 is 0 Å². The van der Waals surface area contributed by atoms with E-state index in [0.29, 0.717) is 12.4 Å². The third kappa shape index (κ3) is 3.60. The Morgan fingerprint density at radius 3 is 2.71 bits per heavy atom. The summed E-state index contributed by atoms with van der Waals surface area (Å²) in [6.45, 7) is 7.99. The van der Waals surface area contributed by atoms with Crippen LogP contribution in [0.3, 0.4) is 0 Å². The smallest absolute Gasteiger partial charge is 0.268 e. The van der Waals surface area contributed by atoms with Crippen LogP contribution in [0.4, 0.5) is 5.95 Å². The van der Waals surface area contributed by atoms with Crippen LogP contribution in [0.15, 0.2) is 48.5 Å². The third-order valence-corrected chi connectivity index (χ3v) is 5.36. The lowest BCUT2D eigenvalue weighted by Gasteiger charge is -2.19. The van der Waals surface area contributed by atoms with Crippen molar-refractivity contribution in [2.45, 2.75) is 32.9 Å². The maximum Gasteiger partial charge on any atom is 0.268 e. The van der Waals surface area contributed by atoms with Crippen LogP contribution in [0, 0.1) is 0 Å². The fourth-order valence-electron chi connectivity index (χ4n) is 3.70. The Labute approximate surface area is 165 Å². The molecule has 1 aliphatic heterocycles. The van der Waals surface area contributed by atoms with Gasteiger partial charge in [0.05, 0.1) is 11.0 Å². The number of hydrogen-bond donors (Lipinski definition) is 1. The zero-order valence-electron chi connectivity index (χ0n) is 16.4. The molecule has 1 aliphatic rings. The second kappa shape index (κ2) is 8.02. The van der Waals surface area contributed by atoms with Gasteiger partial charge in [0, 0.05) is 19.5 Å². The average molecular weight is 378 g/mol. The summed E-state index contributed by atoms with van der Waals surface area (Å²) in [6.07, 6.45) is 0.0650. The summed E-state index contributed by atoms with van der Waals surface area (Å²) >= 11 is 0. The van der Waals surface area contributed by atoms with Crippen molar-refractivity contribution in [2.24, 2.45) is 0 Å². The minimum Gasteiger partial charge on any atom is -0.480 e. The predicted molar refractivity (Wildman–Crippen MR) is 111 cm³/mol. The summed E-state index contributed by atoms with van der Waals surface area (Å²) in [5.41, 5.74) is 2.98. The molecule has 0 unspecified atom stereocenters. The van der Waals surface area contributed by atoms with Crippen molar-refractivity contribution in [1.29, 1.82) is 0 Å². The summed E-state index contributed by atoms with van der Waals surface area (Å²) in [4.78, 5) is 19.9. The van der Waals surface area contributed by atoms with E-state index in [1.807, 2.05) is 48.5 Å². The zero-order chi connectivity index (χ0) is 19.5. The van der Waals surface area contributed by atoms with Crippen molar-refractivity contribution in [3.8, 4) is 5.75 Å². The van der Waals surface area contributed by atoms with Gasteiger partial charge in [-0.1, -0.05) is 44.2 Å². The molecule has 1 atom stereocenters. The number of anilines is 1. The molecule has 0 spiro atoms. The molecule has 0 bridgehead atoms. The number of rotatable bonds is 7. The van der Waals surface area contributed by atoms with Gasteiger partial charge in [0.2, 0.25) is 5.95 Å². The predicted octanol–water partition coefficient (Wildman–Crippen LogP) is 3.32. The largest absolute Gasteiger partial charge is 0.480 e. The van der Waals surface area contributed by atoms with Crippen LogP contribution in [0.1, 0.15) is 19.4 Å². The first kappa shape index (κ1) is 18.5. The third-order valence-electron chi connectivity index (χ3n) is 5.36. The van der Waals surface area contributed by atoms with Gasteiger partial charge in [-0.15, -0.1) is 0 Å². The second-order valence-corrected chi connectivity index (χ2v) is 7.01. The lowest BCUT2D eigenvalue weighted by molar-refractivity contribution is -0.122. The van der Waals surface area contributed by atoms with Crippen molar-refractivity contribution in [3.05, 3.63) is 54.1 Å². The highest BCUT2D eigenvalue weighted by atomic mass is 16.5. The number of likely N-dealkylation sites (N-methyl/N-ethyl adjacent to an activating group) is 1. The fourth-order valence-corrected chi connectivity index (χ4v) is 3.70. The molecule has 2 heterocycles. The molecule has 146 valence electrons. The molecule has 3 aromatic rings. The summed E-state index contributed by atoms with van der Waals surface area (Å²) in [5.74, 6) is 1.21. The molecule has 0 saturated heterocycles. The van der Waals surface area contributed by atoms with E-state index < -0.39 is 6.10 Å². The number of imidazole rings is 1. The molecule has 0 radical (unpaired) electrons. The van der Waals surface area contributed by atoms with Crippen molar-refractivity contribution >= 4 is 22.9 Å². The van der Waals surface area contributed by atoms with Crippen molar-refractivity contribution in [2.75, 3.05) is 25.0 Å². The highest BCUT2D eigenvalue weighted by molar-refractivity contribution is 5.95. The minimum atomic E-state index is -0.520. The number of carbonyl (C=O) groups is 1. The normalized spacial score (nSPS) is 15.6. The molecule has 0 fully saturated rings. The van der Waals surface area contributed by atoms with E-state index in [9.17, 15) is 4.79 Å². The van der Waals surface area contributed by atoms with Gasteiger partial charge < -0.3 is 14.2 Å². The molecule has 6 heteroatoms. The molecule has 28 heavy (non-hydrogen) atoms. The molecule has 0 aliphatic carbocycles. The van der Waals surface area contributed by atoms with Gasteiger partial charge in [-0.05, 0) is 36.9 Å². The summed E-state index contributed by atoms with van der Waals surface area (Å²) < 4.78 is 7.92. The monoisotopic (exact) mass is 378 g/mol. The SMILES string of the molecule is CCN(CC)CCn1c(NC(=O)[C@@H]2Cc3ccccc3O2)nc2ccccc21. The Morgan fingerprint density at radius 2 is 1.93 bits per heavy atom. The number of amides is 1. The van der Waals surface area contributed by atoms with E-state index in [0.717, 1.165) is 48.5 Å². The Morgan fingerprint density at radius 1 is 1.18 bits per heavy atom. The molecule has 6 nitrogen and oxygen atoms in total. The first-order valence-electron chi connectivity index (χ1n) is 9.92. The Hall–Kier alpha value is -2.86. The van der Waals surface area contributed by atoms with Crippen molar-refractivity contribution < 1.29 is 9.53 Å². The second-order valence-electron chi connectivity index (χ2n) is 7.01. The Balaban J connectivity index is 1.54. The number of para-hydroxylation sites is 3. The summed E-state index contributed by atoms with van der Waals surface area (Å²) in [7, 11) is 0. The number of benzene rings is 2. The van der Waals surface area contributed by atoms with Gasteiger partial charge in [-0.25, -0.2) is 4.98 Å². The molecular formula is C22H26N4O2. The number of nitrogens with zero attached hydrogens (tertiary/aromatic N) is 3. The zero-order valence-corrected chi connectivity index (χ0v) is 16.4. The van der Waals surface area contributed by atoms with E-state index in [1.54, 1.807) is 0 Å². The Bertz CT molecular complexity index is 953. The van der Waals surface area contributed by atoms with Crippen LogP contribution in [0.2, 0.25) is 0 Å². The lowest BCUT2D eigenvalue weighted by Crippen LogP contribution is -2.33. The summed E-state index contributed by atoms with van der Waals surface area (Å²) in [5, 5.41) is 3.01. The van der Waals surface area contributed by atoms with Gasteiger partial charge >= 0.3 is 0 Å². The van der Waals surface area contributed by atoms with Crippen molar-refractivity contribution in [3.63, 3.8) is 0 Å². The topological polar surface area (TPSA) is 59.4 Å². The van der Waals surface area contributed by atoms with Crippen LogP contribution < -0.4 is 10.1 Å². The molecule has 0 saturated carbocycles. The van der Waals surface area contributed by atoms with Gasteiger partial charge in [-0.3, -0.25) is 10.1 Å². The number of fused-ring (bicyclic) bond motifs is 2. The van der Waals surface area contributed by atoms with Crippen molar-refractivity contribution in [1.82, 2.24) is 14.5 Å². The van der Waals surface area contributed by atoms with E-state index in [1.165, 1.54) is 0 Å². The van der Waals surface area contributed by atoms with Crippen LogP contribution in [0.5, 0.6) is 5.75 Å². The van der Waals surface area contributed by atoms with Crippen LogP contribution in [0.25, 0.3) is 11.0 Å². The molecule has 2 aromatic carbocycles. The number of nitrogens with one attached hydrogen (secondary N) is 1. The van der Waals surface area contributed by atoms with E-state index in [4.69, 9.17) is 4.74 Å². The Kier molecular flexibility index (Phi) is 5.30. The maximum absolute atomic E-state index is 12.9. The fraction of sp³-hybridized carbons (Fsp3) is 0.364. The van der Waals surface area contributed by atoms with Crippen LogP contribution >= 0.6 is 0 Å². The maximum atomic E-state index is 12.9. The molecule has 1 N–H and O–H groups in total. The first-order chi connectivity index (χ1) is 13.7. The number of carbonyl (C=O) groups excluding carboxylic acids is 1. The quantitative estimate of drug-likeness (QED) is 0.685. The first-order valence-corrected chi connectivity index (χ1v) is 9.92. The van der Waals surface area contributed by atoms with Gasteiger partial charge in [0.25, 0.3) is 5.91 Å². The minimum absolute atomic E-state index is 0.157. The molecule has 4 rings (SSSR count). The van der Waals surface area contributed by atoms with Crippen LogP contribution in [-0.4, -0.2) is 46.1 Å². The number of ether oxygens (including phenoxy) is 1. The van der Waals surface area contributed by atoms with E-state index in [2.05, 4.69) is 33.6 Å². The van der Waals surface area contributed by atoms with Crippen LogP contribution in [-0.2, 0) is 17.8 Å².